The van der Waals surface area contributed by atoms with Gasteiger partial charge in [0.05, 0.1) is 6.54 Å². The first-order chi connectivity index (χ1) is 11.3. The molecule has 6 heteroatoms. The van der Waals surface area contributed by atoms with Crippen molar-refractivity contribution in [2.24, 2.45) is 0 Å². The van der Waals surface area contributed by atoms with Crippen molar-refractivity contribution in [2.75, 3.05) is 32.1 Å². The fourth-order valence-corrected chi connectivity index (χ4v) is 3.07. The van der Waals surface area contributed by atoms with Crippen molar-refractivity contribution in [1.29, 1.82) is 0 Å². The second-order valence-electron chi connectivity index (χ2n) is 6.03. The fourth-order valence-electron chi connectivity index (χ4n) is 3.07. The summed E-state index contributed by atoms with van der Waals surface area (Å²) in [5.41, 5.74) is 1.30. The monoisotopic (exact) mass is 316 g/mol. The molecular formula is C17H24N4O2. The van der Waals surface area contributed by atoms with E-state index in [9.17, 15) is 0 Å². The quantitative estimate of drug-likeness (QED) is 0.815. The number of aromatic nitrogens is 2. The first kappa shape index (κ1) is 16.0. The number of benzene rings is 1. The van der Waals surface area contributed by atoms with E-state index in [1.54, 1.807) is 7.11 Å². The molecule has 1 aromatic heterocycles. The van der Waals surface area contributed by atoms with Gasteiger partial charge in [-0.2, -0.15) is 4.98 Å². The summed E-state index contributed by atoms with van der Waals surface area (Å²) in [6, 6.07) is 11.1. The molecule has 1 aromatic carbocycles. The summed E-state index contributed by atoms with van der Waals surface area (Å²) in [6.07, 6.45) is 2.39. The molecule has 6 nitrogen and oxygen atoms in total. The van der Waals surface area contributed by atoms with Crippen LogP contribution in [-0.4, -0.2) is 48.3 Å². The van der Waals surface area contributed by atoms with Gasteiger partial charge in [-0.05, 0) is 32.0 Å². The van der Waals surface area contributed by atoms with Crippen molar-refractivity contribution >= 4 is 5.69 Å². The van der Waals surface area contributed by atoms with Crippen LogP contribution >= 0.6 is 0 Å². The highest BCUT2D eigenvalue weighted by Crippen LogP contribution is 2.22. The van der Waals surface area contributed by atoms with Crippen LogP contribution in [0.4, 0.5) is 5.69 Å². The van der Waals surface area contributed by atoms with E-state index < -0.39 is 0 Å². The van der Waals surface area contributed by atoms with E-state index in [1.165, 1.54) is 18.5 Å². The van der Waals surface area contributed by atoms with Crippen LogP contribution in [0.15, 0.2) is 34.9 Å². The molecule has 23 heavy (non-hydrogen) atoms. The Balaban J connectivity index is 1.59. The van der Waals surface area contributed by atoms with Crippen LogP contribution in [0.5, 0.6) is 0 Å². The van der Waals surface area contributed by atoms with Gasteiger partial charge >= 0.3 is 0 Å². The number of hydrogen-bond acceptors (Lipinski definition) is 6. The van der Waals surface area contributed by atoms with Gasteiger partial charge in [-0.25, -0.2) is 0 Å². The van der Waals surface area contributed by atoms with Crippen LogP contribution in [0, 0.1) is 0 Å². The topological polar surface area (TPSA) is 54.6 Å². The Kier molecular flexibility index (Phi) is 5.25. The summed E-state index contributed by atoms with van der Waals surface area (Å²) in [5, 5.41) is 3.92. The third-order valence-corrected chi connectivity index (χ3v) is 4.31. The fraction of sp³-hybridized carbons (Fsp3) is 0.529. The van der Waals surface area contributed by atoms with Gasteiger partial charge in [-0.15, -0.1) is 0 Å². The Bertz CT molecular complexity index is 602. The molecular weight excluding hydrogens is 292 g/mol. The average molecular weight is 316 g/mol. The lowest BCUT2D eigenvalue weighted by Crippen LogP contribution is -2.46. The molecule has 1 fully saturated rings. The predicted octanol–water partition coefficient (Wildman–Crippen LogP) is 2.32. The largest absolute Gasteiger partial charge is 0.377 e. The van der Waals surface area contributed by atoms with Gasteiger partial charge in [0.2, 0.25) is 5.89 Å². The normalized spacial score (nSPS) is 18.6. The summed E-state index contributed by atoms with van der Waals surface area (Å²) in [4.78, 5) is 9.11. The highest BCUT2D eigenvalue weighted by molar-refractivity contribution is 5.46. The van der Waals surface area contributed by atoms with Gasteiger partial charge in [0.1, 0.15) is 6.61 Å². The molecule has 0 unspecified atom stereocenters. The Morgan fingerprint density at radius 1 is 1.35 bits per heavy atom. The van der Waals surface area contributed by atoms with Crippen molar-refractivity contribution in [3.8, 4) is 0 Å². The molecule has 2 heterocycles. The molecule has 0 amide bonds. The number of ether oxygens (including phenoxy) is 1. The number of anilines is 1. The zero-order chi connectivity index (χ0) is 16.1. The molecule has 3 rings (SSSR count). The van der Waals surface area contributed by atoms with Gasteiger partial charge in [-0.3, -0.25) is 4.90 Å². The standard InChI is InChI=1S/C17H24N4O2/c1-20(12-17-18-16(13-22-2)19-23-17)15-9-6-10-21(11-15)14-7-4-3-5-8-14/h3-5,7-8,15H,6,9-13H2,1-2H3/t15-/m0/s1. The SMILES string of the molecule is COCc1noc(CN(C)[C@H]2CCCN(c3ccccc3)C2)n1. The highest BCUT2D eigenvalue weighted by atomic mass is 16.5. The van der Waals surface area contributed by atoms with Crippen molar-refractivity contribution in [1.82, 2.24) is 15.0 Å². The molecule has 0 spiro atoms. The summed E-state index contributed by atoms with van der Waals surface area (Å²) in [7, 11) is 3.75. The van der Waals surface area contributed by atoms with Gasteiger partial charge in [0.25, 0.3) is 0 Å². The highest BCUT2D eigenvalue weighted by Gasteiger charge is 2.24. The maximum Gasteiger partial charge on any atom is 0.240 e. The van der Waals surface area contributed by atoms with Crippen LogP contribution in [0.2, 0.25) is 0 Å². The first-order valence-electron chi connectivity index (χ1n) is 8.07. The number of rotatable bonds is 6. The summed E-state index contributed by atoms with van der Waals surface area (Å²) in [5.74, 6) is 1.25. The first-order valence-corrected chi connectivity index (χ1v) is 8.07. The zero-order valence-electron chi connectivity index (χ0n) is 13.8. The molecule has 0 radical (unpaired) electrons. The number of para-hydroxylation sites is 1. The average Bonchev–Trinajstić information content (AvgIpc) is 3.03. The second kappa shape index (κ2) is 7.57. The van der Waals surface area contributed by atoms with Crippen LogP contribution in [0.3, 0.4) is 0 Å². The van der Waals surface area contributed by atoms with Gasteiger partial charge < -0.3 is 14.2 Å². The third kappa shape index (κ3) is 4.09. The Morgan fingerprint density at radius 2 is 2.17 bits per heavy atom. The molecule has 0 saturated carbocycles. The molecule has 2 aromatic rings. The Hall–Kier alpha value is -1.92. The minimum absolute atomic E-state index is 0.387. The molecule has 124 valence electrons. The van der Waals surface area contributed by atoms with E-state index in [2.05, 4.69) is 57.3 Å². The van der Waals surface area contributed by atoms with E-state index in [0.717, 1.165) is 13.1 Å². The molecule has 0 N–H and O–H groups in total. The van der Waals surface area contributed by atoms with Gasteiger partial charge in [-0.1, -0.05) is 23.4 Å². The second-order valence-corrected chi connectivity index (χ2v) is 6.03. The van der Waals surface area contributed by atoms with Crippen LogP contribution in [0.1, 0.15) is 24.6 Å². The minimum atomic E-state index is 0.387. The maximum absolute atomic E-state index is 5.29. The van der Waals surface area contributed by atoms with E-state index in [0.29, 0.717) is 30.9 Å². The molecule has 1 aliphatic heterocycles. The van der Waals surface area contributed by atoms with E-state index in [4.69, 9.17) is 9.26 Å². The van der Waals surface area contributed by atoms with Crippen molar-refractivity contribution in [2.45, 2.75) is 32.0 Å². The summed E-state index contributed by atoms with van der Waals surface area (Å²) < 4.78 is 10.3. The lowest BCUT2D eigenvalue weighted by Gasteiger charge is -2.38. The van der Waals surface area contributed by atoms with Crippen LogP contribution in [0.25, 0.3) is 0 Å². The van der Waals surface area contributed by atoms with Gasteiger partial charge in [0, 0.05) is 31.9 Å². The van der Waals surface area contributed by atoms with E-state index in [1.807, 2.05) is 0 Å². The number of methoxy groups -OCH3 is 1. The van der Waals surface area contributed by atoms with Crippen molar-refractivity contribution < 1.29 is 9.26 Å². The number of hydrogen-bond donors (Lipinski definition) is 0. The van der Waals surface area contributed by atoms with E-state index >= 15 is 0 Å². The zero-order valence-corrected chi connectivity index (χ0v) is 13.8. The smallest absolute Gasteiger partial charge is 0.240 e. The Labute approximate surface area is 137 Å². The molecule has 1 saturated heterocycles. The lowest BCUT2D eigenvalue weighted by molar-refractivity contribution is 0.173. The molecule has 0 bridgehead atoms. The number of piperidine rings is 1. The van der Waals surface area contributed by atoms with Crippen molar-refractivity contribution in [3.05, 3.63) is 42.0 Å². The minimum Gasteiger partial charge on any atom is -0.377 e. The Morgan fingerprint density at radius 3 is 2.96 bits per heavy atom. The van der Waals surface area contributed by atoms with E-state index in [-0.39, 0.29) is 0 Å². The molecule has 0 aliphatic carbocycles. The van der Waals surface area contributed by atoms with Crippen molar-refractivity contribution in [3.63, 3.8) is 0 Å². The van der Waals surface area contributed by atoms with Crippen LogP contribution in [-0.2, 0) is 17.9 Å². The number of nitrogens with zero attached hydrogens (tertiary/aromatic N) is 4. The molecule has 1 atom stereocenters. The number of likely N-dealkylation sites (N-methyl/N-ethyl adjacent to an activating group) is 1. The summed E-state index contributed by atoms with van der Waals surface area (Å²) in [6.45, 7) is 3.20. The van der Waals surface area contributed by atoms with Gasteiger partial charge in [0.15, 0.2) is 5.82 Å². The van der Waals surface area contributed by atoms with Crippen LogP contribution < -0.4 is 4.90 Å². The third-order valence-electron chi connectivity index (χ3n) is 4.31. The predicted molar refractivity (Wildman–Crippen MR) is 88.2 cm³/mol. The summed E-state index contributed by atoms with van der Waals surface area (Å²) >= 11 is 0. The maximum atomic E-state index is 5.29. The molecule has 1 aliphatic rings. The lowest BCUT2D eigenvalue weighted by atomic mass is 10.0.